The van der Waals surface area contributed by atoms with E-state index in [1.165, 1.54) is 0 Å². The first-order valence-corrected chi connectivity index (χ1v) is 6.84. The smallest absolute Gasteiger partial charge is 0.161 e. The third kappa shape index (κ3) is 2.08. The highest BCUT2D eigenvalue weighted by atomic mass is 15.0. The lowest BCUT2D eigenvalue weighted by Gasteiger charge is -2.10. The molecule has 3 aromatic rings. The molecule has 2 heterocycles. The van der Waals surface area contributed by atoms with E-state index in [9.17, 15) is 0 Å². The molecule has 0 saturated carbocycles. The van der Waals surface area contributed by atoms with Gasteiger partial charge in [-0.05, 0) is 11.5 Å². The summed E-state index contributed by atoms with van der Waals surface area (Å²) >= 11 is 0. The van der Waals surface area contributed by atoms with Gasteiger partial charge in [-0.1, -0.05) is 44.2 Å². The van der Waals surface area contributed by atoms with Gasteiger partial charge < -0.3 is 10.7 Å². The molecule has 0 radical (unpaired) electrons. The average Bonchev–Trinajstić information content (AvgIpc) is 2.90. The zero-order chi connectivity index (χ0) is 14.1. The Morgan fingerprint density at radius 3 is 2.55 bits per heavy atom. The summed E-state index contributed by atoms with van der Waals surface area (Å²) in [5.74, 6) is 1.08. The third-order valence-electron chi connectivity index (χ3n) is 3.44. The van der Waals surface area contributed by atoms with Crippen molar-refractivity contribution in [2.24, 2.45) is 5.73 Å². The van der Waals surface area contributed by atoms with Gasteiger partial charge in [-0.2, -0.15) is 0 Å². The maximum Gasteiger partial charge on any atom is 0.161 e. The molecule has 0 fully saturated rings. The van der Waals surface area contributed by atoms with Crippen molar-refractivity contribution in [1.29, 1.82) is 0 Å². The fraction of sp³-hybridized carbons (Fsp3) is 0.250. The molecule has 4 nitrogen and oxygen atoms in total. The van der Waals surface area contributed by atoms with Crippen LogP contribution in [-0.2, 0) is 6.54 Å². The first kappa shape index (κ1) is 12.8. The van der Waals surface area contributed by atoms with Gasteiger partial charge in [0.05, 0.1) is 5.69 Å². The molecule has 102 valence electrons. The van der Waals surface area contributed by atoms with Crippen LogP contribution in [0, 0.1) is 0 Å². The van der Waals surface area contributed by atoms with Gasteiger partial charge >= 0.3 is 0 Å². The second-order valence-electron chi connectivity index (χ2n) is 5.19. The molecule has 0 bridgehead atoms. The molecule has 0 aliphatic carbocycles. The minimum atomic E-state index is 0.323. The summed E-state index contributed by atoms with van der Waals surface area (Å²) in [6.07, 6.45) is 1.93. The van der Waals surface area contributed by atoms with Crippen LogP contribution in [0.25, 0.3) is 22.4 Å². The van der Waals surface area contributed by atoms with Crippen molar-refractivity contribution in [3.63, 3.8) is 0 Å². The molecule has 0 saturated heterocycles. The van der Waals surface area contributed by atoms with Crippen molar-refractivity contribution in [3.8, 4) is 11.4 Å². The highest BCUT2D eigenvalue weighted by molar-refractivity contribution is 5.84. The number of nitrogens with two attached hydrogens (primary N) is 1. The Bertz CT molecular complexity index is 729. The average molecular weight is 266 g/mol. The largest absolute Gasteiger partial charge is 0.346 e. The number of benzene rings is 1. The molecule has 3 N–H and O–H groups in total. The lowest BCUT2D eigenvalue weighted by Crippen LogP contribution is -2.02. The van der Waals surface area contributed by atoms with Crippen molar-refractivity contribution in [2.45, 2.75) is 26.3 Å². The van der Waals surface area contributed by atoms with Crippen molar-refractivity contribution in [2.75, 3.05) is 0 Å². The van der Waals surface area contributed by atoms with E-state index < -0.39 is 0 Å². The predicted octanol–water partition coefficient (Wildman–Crippen LogP) is 3.21. The van der Waals surface area contributed by atoms with Gasteiger partial charge in [-0.15, -0.1) is 0 Å². The van der Waals surface area contributed by atoms with E-state index in [1.807, 2.05) is 36.5 Å². The van der Waals surface area contributed by atoms with Gasteiger partial charge in [-0.3, -0.25) is 0 Å². The van der Waals surface area contributed by atoms with E-state index in [4.69, 9.17) is 10.7 Å². The predicted molar refractivity (Wildman–Crippen MR) is 81.3 cm³/mol. The summed E-state index contributed by atoms with van der Waals surface area (Å²) in [6.45, 7) is 4.78. The zero-order valence-corrected chi connectivity index (χ0v) is 11.7. The van der Waals surface area contributed by atoms with E-state index in [1.54, 1.807) is 0 Å². The Hall–Kier alpha value is -2.20. The molecule has 0 aliphatic heterocycles. The van der Waals surface area contributed by atoms with Crippen LogP contribution in [0.4, 0.5) is 0 Å². The molecule has 0 atom stereocenters. The fourth-order valence-corrected chi connectivity index (χ4v) is 2.42. The van der Waals surface area contributed by atoms with Crippen molar-refractivity contribution in [3.05, 3.63) is 47.8 Å². The number of hydrogen-bond acceptors (Lipinski definition) is 3. The summed E-state index contributed by atoms with van der Waals surface area (Å²) in [7, 11) is 0. The maximum absolute atomic E-state index is 5.80. The second-order valence-corrected chi connectivity index (χ2v) is 5.19. The molecular weight excluding hydrogens is 248 g/mol. The fourth-order valence-electron chi connectivity index (χ4n) is 2.42. The van der Waals surface area contributed by atoms with E-state index in [-0.39, 0.29) is 0 Å². The molecule has 1 aromatic carbocycles. The normalized spacial score (nSPS) is 11.4. The number of hydrogen-bond donors (Lipinski definition) is 2. The molecule has 3 rings (SSSR count). The van der Waals surface area contributed by atoms with Gasteiger partial charge in [0.15, 0.2) is 5.82 Å². The Morgan fingerprint density at radius 2 is 1.90 bits per heavy atom. The van der Waals surface area contributed by atoms with Crippen LogP contribution in [0.15, 0.2) is 36.5 Å². The third-order valence-corrected chi connectivity index (χ3v) is 3.44. The lowest BCUT2D eigenvalue weighted by atomic mass is 10.0. The van der Waals surface area contributed by atoms with Crippen molar-refractivity contribution in [1.82, 2.24) is 15.0 Å². The summed E-state index contributed by atoms with van der Waals surface area (Å²) in [5.41, 5.74) is 9.82. The Kier molecular flexibility index (Phi) is 3.24. The number of H-pyrrole nitrogens is 1. The van der Waals surface area contributed by atoms with Crippen molar-refractivity contribution >= 4 is 11.0 Å². The number of rotatable bonds is 3. The van der Waals surface area contributed by atoms with Crippen LogP contribution >= 0.6 is 0 Å². The Balaban J connectivity index is 2.27. The van der Waals surface area contributed by atoms with Gasteiger partial charge in [0.1, 0.15) is 5.65 Å². The van der Waals surface area contributed by atoms with Crippen LogP contribution in [0.2, 0.25) is 0 Å². The molecule has 0 aliphatic rings. The van der Waals surface area contributed by atoms with E-state index in [2.05, 4.69) is 23.8 Å². The topological polar surface area (TPSA) is 67.6 Å². The summed E-state index contributed by atoms with van der Waals surface area (Å²) < 4.78 is 0. The first-order valence-electron chi connectivity index (χ1n) is 6.84. The van der Waals surface area contributed by atoms with Gasteiger partial charge in [0.2, 0.25) is 0 Å². The number of nitrogens with one attached hydrogen (secondary N) is 1. The lowest BCUT2D eigenvalue weighted by molar-refractivity contribution is 0.829. The zero-order valence-electron chi connectivity index (χ0n) is 11.7. The molecule has 20 heavy (non-hydrogen) atoms. The molecule has 0 spiro atoms. The van der Waals surface area contributed by atoms with Crippen LogP contribution in [0.1, 0.15) is 31.0 Å². The van der Waals surface area contributed by atoms with Crippen LogP contribution < -0.4 is 5.73 Å². The monoisotopic (exact) mass is 266 g/mol. The van der Waals surface area contributed by atoms with Crippen LogP contribution in [0.5, 0.6) is 0 Å². The number of nitrogens with zero attached hydrogens (tertiary/aromatic N) is 2. The number of aromatic nitrogens is 3. The first-order chi connectivity index (χ1) is 9.70. The van der Waals surface area contributed by atoms with Gasteiger partial charge in [0, 0.05) is 23.7 Å². The molecule has 0 amide bonds. The summed E-state index contributed by atoms with van der Waals surface area (Å²) in [5, 5.41) is 1.07. The molecule has 2 aromatic heterocycles. The highest BCUT2D eigenvalue weighted by Crippen LogP contribution is 2.28. The van der Waals surface area contributed by atoms with Crippen LogP contribution in [0.3, 0.4) is 0 Å². The van der Waals surface area contributed by atoms with E-state index in [0.29, 0.717) is 12.5 Å². The summed E-state index contributed by atoms with van der Waals surface area (Å²) in [4.78, 5) is 12.6. The minimum absolute atomic E-state index is 0.323. The van der Waals surface area contributed by atoms with Crippen LogP contribution in [-0.4, -0.2) is 15.0 Å². The molecule has 0 unspecified atom stereocenters. The molecular formula is C16H18N4. The molecule has 4 heteroatoms. The van der Waals surface area contributed by atoms with E-state index in [0.717, 1.165) is 33.7 Å². The Labute approximate surface area is 118 Å². The minimum Gasteiger partial charge on any atom is -0.346 e. The Morgan fingerprint density at radius 1 is 1.15 bits per heavy atom. The summed E-state index contributed by atoms with van der Waals surface area (Å²) in [6, 6.07) is 10.0. The maximum atomic E-state index is 5.80. The van der Waals surface area contributed by atoms with Gasteiger partial charge in [0.25, 0.3) is 0 Å². The standard InChI is InChI=1S/C16H18N4/c1-10(2)14-13-12(8-17)9-18-16(13)20-15(19-14)11-6-4-3-5-7-11/h3-7,9-10H,8,17H2,1-2H3,(H,18,19,20). The quantitative estimate of drug-likeness (QED) is 0.765. The number of fused-ring (bicyclic) bond motifs is 1. The van der Waals surface area contributed by atoms with Crippen molar-refractivity contribution < 1.29 is 0 Å². The SMILES string of the molecule is CC(C)c1nc(-c2ccccc2)nc2[nH]cc(CN)c12. The van der Waals surface area contributed by atoms with Gasteiger partial charge in [-0.25, -0.2) is 9.97 Å². The second kappa shape index (κ2) is 5.06. The highest BCUT2D eigenvalue weighted by Gasteiger charge is 2.15. The number of aromatic amines is 1. The van der Waals surface area contributed by atoms with E-state index >= 15 is 0 Å².